The zero-order valence-corrected chi connectivity index (χ0v) is 15.5. The Kier molecular flexibility index (Phi) is 5.85. The first-order valence-corrected chi connectivity index (χ1v) is 9.13. The van der Waals surface area contributed by atoms with Crippen LogP contribution in [0.2, 0.25) is 5.02 Å². The molecule has 0 aliphatic carbocycles. The summed E-state index contributed by atoms with van der Waals surface area (Å²) in [6.07, 6.45) is 0.121. The minimum Gasteiger partial charge on any atom is -0.486 e. The van der Waals surface area contributed by atoms with Gasteiger partial charge in [0.15, 0.2) is 0 Å². The van der Waals surface area contributed by atoms with Crippen molar-refractivity contribution in [2.45, 2.75) is 20.0 Å². The second-order valence-electron chi connectivity index (χ2n) is 5.69. The van der Waals surface area contributed by atoms with E-state index in [0.717, 1.165) is 10.8 Å². The van der Waals surface area contributed by atoms with Gasteiger partial charge in [0, 0.05) is 11.1 Å². The fourth-order valence-electron chi connectivity index (χ4n) is 2.22. The van der Waals surface area contributed by atoms with E-state index in [-0.39, 0.29) is 17.4 Å². The van der Waals surface area contributed by atoms with Crippen LogP contribution in [0.4, 0.5) is 10.1 Å². The van der Waals surface area contributed by atoms with Crippen molar-refractivity contribution >= 4 is 34.5 Å². The molecule has 7 heteroatoms. The molecule has 1 aromatic heterocycles. The van der Waals surface area contributed by atoms with Crippen molar-refractivity contribution in [1.82, 2.24) is 4.98 Å². The lowest BCUT2D eigenvalue weighted by molar-refractivity contribution is -0.115. The van der Waals surface area contributed by atoms with E-state index in [9.17, 15) is 9.18 Å². The van der Waals surface area contributed by atoms with Crippen LogP contribution < -0.4 is 10.1 Å². The molecule has 0 aliphatic heterocycles. The van der Waals surface area contributed by atoms with Gasteiger partial charge in [-0.25, -0.2) is 9.37 Å². The summed E-state index contributed by atoms with van der Waals surface area (Å²) in [5, 5.41) is 5.25. The maximum atomic E-state index is 13.1. The number of aryl methyl sites for hydroxylation is 1. The van der Waals surface area contributed by atoms with Gasteiger partial charge in [0.05, 0.1) is 17.1 Å². The van der Waals surface area contributed by atoms with E-state index in [2.05, 4.69) is 10.3 Å². The molecule has 1 heterocycles. The van der Waals surface area contributed by atoms with Gasteiger partial charge in [-0.3, -0.25) is 4.79 Å². The number of amides is 1. The van der Waals surface area contributed by atoms with Gasteiger partial charge in [0.1, 0.15) is 23.2 Å². The maximum absolute atomic E-state index is 13.1. The number of carbonyl (C=O) groups excluding carboxylic acids is 1. The van der Waals surface area contributed by atoms with Crippen LogP contribution in [0.1, 0.15) is 16.3 Å². The molecule has 0 aliphatic rings. The van der Waals surface area contributed by atoms with Crippen molar-refractivity contribution in [2.24, 2.45) is 0 Å². The number of hydrogen-bond donors (Lipinski definition) is 1. The lowest BCUT2D eigenvalue weighted by atomic mass is 10.2. The predicted molar refractivity (Wildman–Crippen MR) is 101 cm³/mol. The molecule has 134 valence electrons. The van der Waals surface area contributed by atoms with E-state index in [0.29, 0.717) is 18.0 Å². The molecule has 3 rings (SSSR count). The minimum absolute atomic E-state index is 0.0352. The van der Waals surface area contributed by atoms with E-state index in [1.807, 2.05) is 36.6 Å². The summed E-state index contributed by atoms with van der Waals surface area (Å²) >= 11 is 7.14. The van der Waals surface area contributed by atoms with Gasteiger partial charge in [-0.2, -0.15) is 0 Å². The Bertz CT molecular complexity index is 912. The Labute approximate surface area is 159 Å². The van der Waals surface area contributed by atoms with E-state index < -0.39 is 5.82 Å². The highest BCUT2D eigenvalue weighted by molar-refractivity contribution is 7.09. The topological polar surface area (TPSA) is 51.2 Å². The smallest absolute Gasteiger partial charge is 0.230 e. The number of benzene rings is 2. The summed E-state index contributed by atoms with van der Waals surface area (Å²) in [4.78, 5) is 16.5. The molecular weight excluding hydrogens is 375 g/mol. The highest BCUT2D eigenvalue weighted by Gasteiger charge is 2.10. The Morgan fingerprint density at radius 1 is 1.27 bits per heavy atom. The predicted octanol–water partition coefficient (Wildman–Crippen LogP) is 5.00. The second-order valence-corrected chi connectivity index (χ2v) is 7.04. The quantitative estimate of drug-likeness (QED) is 0.644. The maximum Gasteiger partial charge on any atom is 0.230 e. The SMILES string of the molecule is Cc1ccc(OCc2nc(CC(=O)Nc3ccc(F)c(Cl)c3)cs2)cc1. The molecule has 0 spiro atoms. The van der Waals surface area contributed by atoms with Crippen molar-refractivity contribution in [3.63, 3.8) is 0 Å². The fraction of sp³-hybridized carbons (Fsp3) is 0.158. The molecule has 0 unspecified atom stereocenters. The zero-order chi connectivity index (χ0) is 18.5. The molecule has 4 nitrogen and oxygen atoms in total. The van der Waals surface area contributed by atoms with Gasteiger partial charge >= 0.3 is 0 Å². The highest BCUT2D eigenvalue weighted by Crippen LogP contribution is 2.20. The van der Waals surface area contributed by atoms with Crippen molar-refractivity contribution < 1.29 is 13.9 Å². The molecule has 3 aromatic rings. The molecule has 0 fully saturated rings. The Hall–Kier alpha value is -2.44. The third-order valence-corrected chi connectivity index (χ3v) is 4.69. The zero-order valence-electron chi connectivity index (χ0n) is 14.0. The van der Waals surface area contributed by atoms with Crippen LogP contribution in [0.3, 0.4) is 0 Å². The summed E-state index contributed by atoms with van der Waals surface area (Å²) in [6, 6.07) is 11.8. The fourth-order valence-corrected chi connectivity index (χ4v) is 3.11. The number of ether oxygens (including phenoxy) is 1. The molecule has 0 atom stereocenters. The Morgan fingerprint density at radius 2 is 2.04 bits per heavy atom. The number of nitrogens with zero attached hydrogens (tertiary/aromatic N) is 1. The van der Waals surface area contributed by atoms with Gasteiger partial charge in [0.25, 0.3) is 0 Å². The highest BCUT2D eigenvalue weighted by atomic mass is 35.5. The molecule has 1 amide bonds. The normalized spacial score (nSPS) is 10.6. The monoisotopic (exact) mass is 390 g/mol. The molecule has 0 saturated carbocycles. The van der Waals surface area contributed by atoms with Gasteiger partial charge < -0.3 is 10.1 Å². The molecule has 26 heavy (non-hydrogen) atoms. The molecule has 0 radical (unpaired) electrons. The standard InChI is InChI=1S/C19H16ClFN2O2S/c1-12-2-5-15(6-3-12)25-10-19-23-14(11-26-19)9-18(24)22-13-4-7-17(21)16(20)8-13/h2-8,11H,9-10H2,1H3,(H,22,24). The summed E-state index contributed by atoms with van der Waals surface area (Å²) < 4.78 is 18.8. The molecule has 0 bridgehead atoms. The van der Waals surface area contributed by atoms with Crippen LogP contribution >= 0.6 is 22.9 Å². The van der Waals surface area contributed by atoms with Crippen molar-refractivity contribution in [3.8, 4) is 5.75 Å². The van der Waals surface area contributed by atoms with Gasteiger partial charge in [0.2, 0.25) is 5.91 Å². The number of anilines is 1. The number of halogens is 2. The van der Waals surface area contributed by atoms with E-state index in [1.165, 1.54) is 35.1 Å². The molecular formula is C19H16ClFN2O2S. The van der Waals surface area contributed by atoms with Gasteiger partial charge in [-0.1, -0.05) is 29.3 Å². The first-order valence-electron chi connectivity index (χ1n) is 7.87. The summed E-state index contributed by atoms with van der Waals surface area (Å²) in [5.41, 5.74) is 2.27. The van der Waals surface area contributed by atoms with Crippen LogP contribution in [0.15, 0.2) is 47.8 Å². The average molecular weight is 391 g/mol. The van der Waals surface area contributed by atoms with Crippen LogP contribution in [0.5, 0.6) is 5.75 Å². The van der Waals surface area contributed by atoms with Gasteiger partial charge in [-0.05, 0) is 37.3 Å². The third kappa shape index (κ3) is 5.03. The van der Waals surface area contributed by atoms with Crippen molar-refractivity contribution in [1.29, 1.82) is 0 Å². The van der Waals surface area contributed by atoms with E-state index >= 15 is 0 Å². The largest absolute Gasteiger partial charge is 0.486 e. The lowest BCUT2D eigenvalue weighted by Gasteiger charge is -2.05. The lowest BCUT2D eigenvalue weighted by Crippen LogP contribution is -2.14. The number of carbonyl (C=O) groups is 1. The van der Waals surface area contributed by atoms with Crippen LogP contribution in [0, 0.1) is 12.7 Å². The summed E-state index contributed by atoms with van der Waals surface area (Å²) in [6.45, 7) is 2.37. The van der Waals surface area contributed by atoms with Gasteiger partial charge in [-0.15, -0.1) is 11.3 Å². The van der Waals surface area contributed by atoms with Crippen LogP contribution in [-0.4, -0.2) is 10.9 Å². The number of hydrogen-bond acceptors (Lipinski definition) is 4. The third-order valence-electron chi connectivity index (χ3n) is 3.53. The first kappa shape index (κ1) is 18.4. The van der Waals surface area contributed by atoms with E-state index in [1.54, 1.807) is 0 Å². The minimum atomic E-state index is -0.526. The number of nitrogens with one attached hydrogen (secondary N) is 1. The van der Waals surface area contributed by atoms with E-state index in [4.69, 9.17) is 16.3 Å². The molecule has 2 aromatic carbocycles. The van der Waals surface area contributed by atoms with Crippen LogP contribution in [-0.2, 0) is 17.8 Å². The average Bonchev–Trinajstić information content (AvgIpc) is 3.05. The summed E-state index contributed by atoms with van der Waals surface area (Å²) in [5.74, 6) is 0.00430. The number of rotatable bonds is 6. The van der Waals surface area contributed by atoms with Crippen molar-refractivity contribution in [2.75, 3.05) is 5.32 Å². The number of thiazole rings is 1. The Morgan fingerprint density at radius 3 is 2.77 bits per heavy atom. The summed E-state index contributed by atoms with van der Waals surface area (Å²) in [7, 11) is 0. The molecule has 0 saturated heterocycles. The van der Waals surface area contributed by atoms with Crippen molar-refractivity contribution in [3.05, 3.63) is 74.9 Å². The number of aromatic nitrogens is 1. The van der Waals surface area contributed by atoms with Crippen LogP contribution in [0.25, 0.3) is 0 Å². The Balaban J connectivity index is 1.53. The first-order chi connectivity index (χ1) is 12.5. The molecule has 1 N–H and O–H groups in total. The second kappa shape index (κ2) is 8.29.